The Balaban J connectivity index is 0.000000207. The minimum atomic E-state index is -5.86. The zero-order chi connectivity index (χ0) is 79.8. The van der Waals surface area contributed by atoms with Crippen molar-refractivity contribution in [3.63, 3.8) is 0 Å². The van der Waals surface area contributed by atoms with Gasteiger partial charge in [0.2, 0.25) is 23.6 Å². The number of nitrogens with one attached hydrogen (secondary N) is 3. The molecule has 7 heterocycles. The Morgan fingerprint density at radius 3 is 1.47 bits per heavy atom. The standard InChI is InChI=1S/C42H48F5N5O5.C39H44F5N5O5/c1-39(2,35-21-29-22-48-15-14-33(29)56-35)51-17-16-50(32(24-51)37(54)49-25-41(43,44)42(45,46)47)23-30(53)19-28(18-26-10-6-5-7-11-26)38(55)52-36-31-13-9-8-12-27(31)20-34(36)57-40(52,3)4;1-37(2,33-19-27-20-45-13-12-32(27)54-33)49-15-14-48(30(22-49)36(53)46-23-38(40,41)39(42,43)44)21-28(50)17-26(16-24-8-4-3-5-9-24)35(52)47-34-29-11-7-6-10-25(29)18-31(34)51/h5-15,21-22,28,30,32,34,36,53H,16-20,23-25H2,1-4H3,(H,49,54);3-13,19-20,26,28,30-31,34,50-51H,14-18,21-23H2,1-2H3,(H,46,53)(H,47,52)/t28-,30+,32+,34-,36+;26-,28+,30+,31-,34+/m11/s1. The van der Waals surface area contributed by atoms with E-state index in [2.05, 4.69) is 15.3 Å². The maximum Gasteiger partial charge on any atom is 0.455 e. The fraction of sp³-hybridized carbons (Fsp3) is 0.481. The third kappa shape index (κ3) is 18.1. The highest BCUT2D eigenvalue weighted by Crippen LogP contribution is 2.50. The van der Waals surface area contributed by atoms with Crippen LogP contribution >= 0.6 is 0 Å². The van der Waals surface area contributed by atoms with E-state index in [9.17, 15) is 78.4 Å². The zero-order valence-corrected chi connectivity index (χ0v) is 62.2. The number of nitrogens with zero attached hydrogens (tertiary/aromatic N) is 7. The molecule has 0 bridgehead atoms. The second-order valence-corrected chi connectivity index (χ2v) is 31.1. The van der Waals surface area contributed by atoms with E-state index in [1.54, 1.807) is 63.0 Å². The number of alkyl halides is 10. The molecule has 4 aromatic carbocycles. The van der Waals surface area contributed by atoms with Crippen molar-refractivity contribution >= 4 is 45.6 Å². The predicted octanol–water partition coefficient (Wildman–Crippen LogP) is 11.0. The van der Waals surface area contributed by atoms with E-state index < -0.39 is 120 Å². The van der Waals surface area contributed by atoms with Crippen LogP contribution in [0.3, 0.4) is 0 Å². The number of pyridine rings is 2. The van der Waals surface area contributed by atoms with E-state index in [-0.39, 0.29) is 76.6 Å². The van der Waals surface area contributed by atoms with Gasteiger partial charge in [-0.05, 0) is 125 Å². The van der Waals surface area contributed by atoms with Crippen molar-refractivity contribution in [3.8, 4) is 0 Å². The third-order valence-electron chi connectivity index (χ3n) is 22.4. The van der Waals surface area contributed by atoms with Gasteiger partial charge in [-0.15, -0.1) is 0 Å². The number of aliphatic hydroxyl groups is 3. The van der Waals surface area contributed by atoms with Gasteiger partial charge in [-0.25, -0.2) is 0 Å². The van der Waals surface area contributed by atoms with Crippen LogP contribution < -0.4 is 16.0 Å². The van der Waals surface area contributed by atoms with Gasteiger partial charge in [0.15, 0.2) is 0 Å². The highest BCUT2D eigenvalue weighted by molar-refractivity contribution is 5.84. The van der Waals surface area contributed by atoms with E-state index in [4.69, 9.17) is 13.6 Å². The summed E-state index contributed by atoms with van der Waals surface area (Å²) in [4.78, 5) is 72.8. The number of ether oxygens (including phenoxy) is 1. The van der Waals surface area contributed by atoms with Gasteiger partial charge in [0.25, 0.3) is 0 Å². The molecule has 0 saturated carbocycles. The first kappa shape index (κ1) is 81.6. The number of halogens is 10. The van der Waals surface area contributed by atoms with Gasteiger partial charge < -0.3 is 49.7 Å². The van der Waals surface area contributed by atoms with Gasteiger partial charge in [-0.2, -0.15) is 43.9 Å². The maximum absolute atomic E-state index is 14.8. The molecule has 596 valence electrons. The summed E-state index contributed by atoms with van der Waals surface area (Å²) in [5.74, 6) is -13.4. The Labute approximate surface area is 635 Å². The van der Waals surface area contributed by atoms with E-state index in [1.807, 2.05) is 172 Å². The number of carbonyl (C=O) groups excluding carboxylic acids is 4. The Bertz CT molecular complexity index is 4500. The maximum atomic E-state index is 14.8. The topological polar surface area (TPSA) is 243 Å². The van der Waals surface area contributed by atoms with E-state index in [0.717, 1.165) is 44.2 Å². The normalized spacial score (nSPS) is 21.9. The van der Waals surface area contributed by atoms with Gasteiger partial charge >= 0.3 is 24.2 Å². The second-order valence-electron chi connectivity index (χ2n) is 31.1. The van der Waals surface area contributed by atoms with Crippen molar-refractivity contribution in [1.82, 2.24) is 50.4 Å². The number of β-amino-alcohol motifs (C(OH)–C–C–N with tert-alkyl or cyclic N) is 2. The molecule has 13 rings (SSSR count). The van der Waals surface area contributed by atoms with Crippen molar-refractivity contribution in [2.45, 2.75) is 170 Å². The molecule has 3 saturated heterocycles. The van der Waals surface area contributed by atoms with Crippen LogP contribution in [0.15, 0.2) is 167 Å². The fourth-order valence-corrected chi connectivity index (χ4v) is 16.1. The first-order valence-electron chi connectivity index (χ1n) is 37.1. The summed E-state index contributed by atoms with van der Waals surface area (Å²) in [6, 6.07) is 37.6. The molecule has 30 heteroatoms. The van der Waals surface area contributed by atoms with E-state index in [0.29, 0.717) is 55.0 Å². The quantitative estimate of drug-likeness (QED) is 0.0292. The molecule has 0 unspecified atom stereocenters. The van der Waals surface area contributed by atoms with Crippen LogP contribution in [0.5, 0.6) is 0 Å². The summed E-state index contributed by atoms with van der Waals surface area (Å²) in [5.41, 5.74) is 4.11. The molecule has 8 aromatic rings. The number of piperazine rings is 2. The minimum Gasteiger partial charge on any atom is -0.459 e. The first-order valence-corrected chi connectivity index (χ1v) is 37.1. The largest absolute Gasteiger partial charge is 0.459 e. The first-order chi connectivity index (χ1) is 52.4. The van der Waals surface area contributed by atoms with Crippen molar-refractivity contribution in [2.75, 3.05) is 65.4 Å². The number of hydrogen-bond acceptors (Lipinski definition) is 16. The highest BCUT2D eigenvalue weighted by Gasteiger charge is 2.60. The number of amides is 4. The fourth-order valence-electron chi connectivity index (χ4n) is 16.1. The van der Waals surface area contributed by atoms with Gasteiger partial charge in [0, 0.05) is 113 Å². The molecule has 10 atom stereocenters. The molecular weight excluding hydrogens is 1460 g/mol. The lowest BCUT2D eigenvalue weighted by molar-refractivity contribution is -0.278. The van der Waals surface area contributed by atoms with Crippen molar-refractivity contribution < 1.29 is 92.0 Å². The summed E-state index contributed by atoms with van der Waals surface area (Å²) in [5, 5.41) is 42.2. The average Bonchev–Trinajstić information content (AvgIpc) is 1.55. The molecule has 0 spiro atoms. The molecule has 3 fully saturated rings. The highest BCUT2D eigenvalue weighted by atomic mass is 19.4. The molecular formula is C81H92F10N10O10. The Morgan fingerprint density at radius 2 is 1.00 bits per heavy atom. The van der Waals surface area contributed by atoms with Crippen LogP contribution in [0.1, 0.15) is 111 Å². The van der Waals surface area contributed by atoms with Gasteiger partial charge in [-0.3, -0.25) is 48.7 Å². The molecule has 6 N–H and O–H groups in total. The molecule has 4 amide bonds. The molecule has 111 heavy (non-hydrogen) atoms. The number of benzene rings is 4. The van der Waals surface area contributed by atoms with Crippen LogP contribution in [-0.4, -0.2) is 205 Å². The zero-order valence-electron chi connectivity index (χ0n) is 62.2. The third-order valence-corrected chi connectivity index (χ3v) is 22.4. The second kappa shape index (κ2) is 32.7. The van der Waals surface area contributed by atoms with Crippen LogP contribution in [0.25, 0.3) is 21.9 Å². The van der Waals surface area contributed by atoms with E-state index >= 15 is 0 Å². The molecule has 3 aliphatic heterocycles. The molecule has 0 radical (unpaired) electrons. The lowest BCUT2D eigenvalue weighted by atomic mass is 9.90. The lowest BCUT2D eigenvalue weighted by Gasteiger charge is -2.47. The number of rotatable bonds is 25. The summed E-state index contributed by atoms with van der Waals surface area (Å²) in [7, 11) is 0. The summed E-state index contributed by atoms with van der Waals surface area (Å²) in [6.45, 7) is 7.73. The van der Waals surface area contributed by atoms with Crippen molar-refractivity contribution in [2.24, 2.45) is 11.8 Å². The lowest BCUT2D eigenvalue weighted by Crippen LogP contribution is -2.64. The van der Waals surface area contributed by atoms with Gasteiger partial charge in [0.05, 0.1) is 60.7 Å². The smallest absolute Gasteiger partial charge is 0.455 e. The predicted molar refractivity (Wildman–Crippen MR) is 390 cm³/mol. The average molecular weight is 1560 g/mol. The van der Waals surface area contributed by atoms with Crippen molar-refractivity contribution in [3.05, 3.63) is 203 Å². The van der Waals surface area contributed by atoms with Crippen LogP contribution in [0.2, 0.25) is 0 Å². The Kier molecular flexibility index (Phi) is 24.0. The van der Waals surface area contributed by atoms with Gasteiger partial charge in [-0.1, -0.05) is 109 Å². The SMILES string of the molecule is CC(C)(c1cc2cnccc2o1)N1CCN(C[C@@H](O)C[C@@H](Cc2ccccc2)C(=O)N[C@H]2c3ccccc3C[C@H]2O)[C@H](C(=O)NCC(F)(F)C(F)(F)F)C1.CC1(C)O[C@@H]2Cc3ccccc3[C@@H]2N1C(=O)[C@H](Cc1ccccc1)C[C@H](O)CN1CCN(C(C)(C)c2cc3cnccc3o2)C[C@H]1C(=O)NCC(F)(F)C(F)(F)F. The molecule has 5 aliphatic rings. The molecule has 20 nitrogen and oxygen atoms in total. The summed E-state index contributed by atoms with van der Waals surface area (Å²) >= 11 is 0. The van der Waals surface area contributed by atoms with Crippen LogP contribution in [-0.2, 0) is 60.7 Å². The van der Waals surface area contributed by atoms with Crippen LogP contribution in [0.4, 0.5) is 43.9 Å². The molecule has 2 aliphatic carbocycles. The number of aliphatic hydroxyl groups excluding tert-OH is 3. The number of fused-ring (bicyclic) bond motifs is 6. The van der Waals surface area contributed by atoms with E-state index in [1.165, 1.54) is 0 Å². The minimum absolute atomic E-state index is 0.0153. The van der Waals surface area contributed by atoms with Crippen molar-refractivity contribution in [1.29, 1.82) is 0 Å². The number of aromatic nitrogens is 2. The number of furan rings is 2. The number of carbonyl (C=O) groups is 4. The number of hydrogen-bond donors (Lipinski definition) is 6. The monoisotopic (exact) mass is 1550 g/mol. The summed E-state index contributed by atoms with van der Waals surface area (Å²) in [6.07, 6.45) is -7.23. The Morgan fingerprint density at radius 1 is 0.568 bits per heavy atom. The Hall–Kier alpha value is -8.88. The van der Waals surface area contributed by atoms with Crippen LogP contribution in [0, 0.1) is 11.8 Å². The summed E-state index contributed by atoms with van der Waals surface area (Å²) < 4.78 is 153. The molecule has 4 aromatic heterocycles. The van der Waals surface area contributed by atoms with Gasteiger partial charge in [0.1, 0.15) is 40.5 Å².